The molecule has 1 unspecified atom stereocenters. The molecule has 13 heavy (non-hydrogen) atoms. The molecule has 0 aliphatic rings. The topological polar surface area (TPSA) is 51.8 Å². The molecule has 3 heteroatoms. The van der Waals surface area contributed by atoms with Crippen molar-refractivity contribution < 1.29 is 0 Å². The summed E-state index contributed by atoms with van der Waals surface area (Å²) in [5, 5.41) is 0. The molecule has 1 rings (SSSR count). The summed E-state index contributed by atoms with van der Waals surface area (Å²) < 4.78 is 0. The predicted octanol–water partition coefficient (Wildman–Crippen LogP) is 1.76. The minimum Gasteiger partial charge on any atom is -0.325 e. The van der Waals surface area contributed by atoms with Gasteiger partial charge in [0.25, 0.3) is 0 Å². The Balaban J connectivity index is 3.01. The number of hydrogen-bond acceptors (Lipinski definition) is 3. The van der Waals surface area contributed by atoms with Crippen LogP contribution in [-0.2, 0) is 6.54 Å². The lowest BCUT2D eigenvalue weighted by atomic mass is 10.1. The highest BCUT2D eigenvalue weighted by atomic mass is 14.9. The van der Waals surface area contributed by atoms with Gasteiger partial charge in [-0.2, -0.15) is 0 Å². The van der Waals surface area contributed by atoms with Crippen LogP contribution in [0.4, 0.5) is 0 Å². The van der Waals surface area contributed by atoms with Crippen molar-refractivity contribution in [2.45, 2.75) is 39.7 Å². The van der Waals surface area contributed by atoms with Crippen molar-refractivity contribution in [2.75, 3.05) is 0 Å². The first-order chi connectivity index (χ1) is 6.17. The molecule has 0 bridgehead atoms. The van der Waals surface area contributed by atoms with Crippen LogP contribution in [0.5, 0.6) is 0 Å². The van der Waals surface area contributed by atoms with Gasteiger partial charge in [0.15, 0.2) is 0 Å². The highest BCUT2D eigenvalue weighted by Gasteiger charge is 2.07. The summed E-state index contributed by atoms with van der Waals surface area (Å²) in [7, 11) is 0. The van der Waals surface area contributed by atoms with Crippen LogP contribution in [0.3, 0.4) is 0 Å². The van der Waals surface area contributed by atoms with Crippen molar-refractivity contribution >= 4 is 0 Å². The molecule has 1 aromatic heterocycles. The Labute approximate surface area is 79.4 Å². The van der Waals surface area contributed by atoms with Crippen LogP contribution in [0.15, 0.2) is 6.07 Å². The van der Waals surface area contributed by atoms with Crippen LogP contribution in [0, 0.1) is 6.92 Å². The van der Waals surface area contributed by atoms with Crippen LogP contribution in [0.1, 0.15) is 43.4 Å². The van der Waals surface area contributed by atoms with E-state index in [1.165, 1.54) is 0 Å². The Morgan fingerprint density at radius 2 is 2.15 bits per heavy atom. The van der Waals surface area contributed by atoms with E-state index in [4.69, 9.17) is 5.73 Å². The first-order valence-electron chi connectivity index (χ1n) is 4.71. The van der Waals surface area contributed by atoms with Crippen LogP contribution in [-0.4, -0.2) is 9.97 Å². The molecule has 0 fully saturated rings. The molecule has 0 radical (unpaired) electrons. The van der Waals surface area contributed by atoms with Crippen molar-refractivity contribution in [3.63, 3.8) is 0 Å². The molecule has 2 N–H and O–H groups in total. The third kappa shape index (κ3) is 2.49. The third-order valence-electron chi connectivity index (χ3n) is 2.19. The zero-order valence-corrected chi connectivity index (χ0v) is 8.54. The number of nitrogens with zero attached hydrogens (tertiary/aromatic N) is 2. The molecule has 0 amide bonds. The minimum absolute atomic E-state index is 0.421. The van der Waals surface area contributed by atoms with E-state index in [2.05, 4.69) is 23.8 Å². The summed E-state index contributed by atoms with van der Waals surface area (Å²) >= 11 is 0. The molecule has 0 saturated carbocycles. The molecule has 1 aromatic rings. The number of aromatic nitrogens is 2. The summed E-state index contributed by atoms with van der Waals surface area (Å²) in [6.45, 7) is 6.74. The second kappa shape index (κ2) is 4.33. The maximum absolute atomic E-state index is 5.54. The van der Waals surface area contributed by atoms with Gasteiger partial charge in [-0.15, -0.1) is 0 Å². The smallest absolute Gasteiger partial charge is 0.131 e. The number of nitrogens with two attached hydrogens (primary N) is 1. The van der Waals surface area contributed by atoms with E-state index >= 15 is 0 Å². The van der Waals surface area contributed by atoms with Crippen molar-refractivity contribution in [3.05, 3.63) is 23.3 Å². The van der Waals surface area contributed by atoms with E-state index in [0.717, 1.165) is 23.6 Å². The Morgan fingerprint density at radius 3 is 2.69 bits per heavy atom. The molecule has 0 aliphatic heterocycles. The Kier molecular flexibility index (Phi) is 3.37. The summed E-state index contributed by atoms with van der Waals surface area (Å²) in [5.41, 5.74) is 7.48. The van der Waals surface area contributed by atoms with Crippen molar-refractivity contribution in [1.29, 1.82) is 0 Å². The highest BCUT2D eigenvalue weighted by molar-refractivity contribution is 5.11. The summed E-state index contributed by atoms with van der Waals surface area (Å²) in [4.78, 5) is 8.77. The van der Waals surface area contributed by atoms with E-state index in [-0.39, 0.29) is 0 Å². The van der Waals surface area contributed by atoms with Crippen LogP contribution in [0.2, 0.25) is 0 Å². The van der Waals surface area contributed by atoms with Gasteiger partial charge in [0, 0.05) is 18.2 Å². The Bertz CT molecular complexity index is 283. The average Bonchev–Trinajstić information content (AvgIpc) is 2.15. The van der Waals surface area contributed by atoms with Crippen LogP contribution < -0.4 is 5.73 Å². The SMILES string of the molecule is CCC(C)c1nc(C)cc(CN)n1. The van der Waals surface area contributed by atoms with Gasteiger partial charge < -0.3 is 5.73 Å². The van der Waals surface area contributed by atoms with E-state index < -0.39 is 0 Å². The normalized spacial score (nSPS) is 12.9. The molecule has 0 spiro atoms. The molecular weight excluding hydrogens is 162 g/mol. The maximum Gasteiger partial charge on any atom is 0.131 e. The van der Waals surface area contributed by atoms with E-state index in [1.54, 1.807) is 0 Å². The Hall–Kier alpha value is -0.960. The first kappa shape index (κ1) is 10.1. The van der Waals surface area contributed by atoms with Gasteiger partial charge in [0.05, 0.1) is 5.69 Å². The molecule has 1 atom stereocenters. The molecule has 0 aromatic carbocycles. The van der Waals surface area contributed by atoms with E-state index in [1.807, 2.05) is 13.0 Å². The van der Waals surface area contributed by atoms with E-state index in [9.17, 15) is 0 Å². The third-order valence-corrected chi connectivity index (χ3v) is 2.19. The highest BCUT2D eigenvalue weighted by Crippen LogP contribution is 2.14. The molecule has 1 heterocycles. The molecule has 3 nitrogen and oxygen atoms in total. The van der Waals surface area contributed by atoms with Gasteiger partial charge in [-0.1, -0.05) is 13.8 Å². The second-order valence-electron chi connectivity index (χ2n) is 3.37. The number of rotatable bonds is 3. The van der Waals surface area contributed by atoms with Gasteiger partial charge in [-0.3, -0.25) is 0 Å². The second-order valence-corrected chi connectivity index (χ2v) is 3.37. The quantitative estimate of drug-likeness (QED) is 0.769. The molecular formula is C10H17N3. The summed E-state index contributed by atoms with van der Waals surface area (Å²) in [5.74, 6) is 1.34. The van der Waals surface area contributed by atoms with Crippen molar-refractivity contribution in [1.82, 2.24) is 9.97 Å². The van der Waals surface area contributed by atoms with E-state index in [0.29, 0.717) is 12.5 Å². The molecule has 0 aliphatic carbocycles. The first-order valence-corrected chi connectivity index (χ1v) is 4.71. The Morgan fingerprint density at radius 1 is 1.46 bits per heavy atom. The van der Waals surface area contributed by atoms with Gasteiger partial charge >= 0.3 is 0 Å². The molecule has 0 saturated heterocycles. The zero-order chi connectivity index (χ0) is 9.84. The van der Waals surface area contributed by atoms with Gasteiger partial charge in [0.2, 0.25) is 0 Å². The lowest BCUT2D eigenvalue weighted by molar-refractivity contribution is 0.666. The zero-order valence-electron chi connectivity index (χ0n) is 8.54. The van der Waals surface area contributed by atoms with Gasteiger partial charge in [-0.05, 0) is 19.4 Å². The largest absolute Gasteiger partial charge is 0.325 e. The van der Waals surface area contributed by atoms with Crippen LogP contribution >= 0.6 is 0 Å². The van der Waals surface area contributed by atoms with Gasteiger partial charge in [0.1, 0.15) is 5.82 Å². The maximum atomic E-state index is 5.54. The van der Waals surface area contributed by atoms with Crippen molar-refractivity contribution in [3.8, 4) is 0 Å². The van der Waals surface area contributed by atoms with Crippen LogP contribution in [0.25, 0.3) is 0 Å². The summed E-state index contributed by atoms with van der Waals surface area (Å²) in [6, 6.07) is 1.94. The monoisotopic (exact) mass is 179 g/mol. The summed E-state index contributed by atoms with van der Waals surface area (Å²) in [6.07, 6.45) is 1.06. The average molecular weight is 179 g/mol. The predicted molar refractivity (Wildman–Crippen MR) is 53.4 cm³/mol. The lowest BCUT2D eigenvalue weighted by Crippen LogP contribution is -2.07. The molecule has 72 valence electrons. The minimum atomic E-state index is 0.421. The van der Waals surface area contributed by atoms with Gasteiger partial charge in [-0.25, -0.2) is 9.97 Å². The number of aryl methyl sites for hydroxylation is 1. The van der Waals surface area contributed by atoms with Crippen molar-refractivity contribution in [2.24, 2.45) is 5.73 Å². The number of hydrogen-bond donors (Lipinski definition) is 1. The standard InChI is InChI=1S/C10H17N3/c1-4-7(2)10-12-8(3)5-9(6-11)13-10/h5,7H,4,6,11H2,1-3H3. The fraction of sp³-hybridized carbons (Fsp3) is 0.600. The lowest BCUT2D eigenvalue weighted by Gasteiger charge is -2.09. The fourth-order valence-electron chi connectivity index (χ4n) is 1.17. The fourth-order valence-corrected chi connectivity index (χ4v) is 1.17.